The second-order valence-electron chi connectivity index (χ2n) is 4.93. The molecule has 0 heterocycles. The van der Waals surface area contributed by atoms with Gasteiger partial charge in [0.05, 0.1) is 11.5 Å². The van der Waals surface area contributed by atoms with Crippen molar-refractivity contribution >= 4 is 6.29 Å². The fourth-order valence-corrected chi connectivity index (χ4v) is 2.43. The molecule has 0 aromatic rings. The quantitative estimate of drug-likeness (QED) is 0.722. The zero-order chi connectivity index (χ0) is 11.5. The molecule has 3 heteroatoms. The standard InChI is InChI=1S/C12H19NO2/c1-9(2)10-3-5-12(8-13,6-4-10)11(15)7-14/h7,9-11,15H,3-6H2,1-2H3. The van der Waals surface area contributed by atoms with Gasteiger partial charge in [0.25, 0.3) is 0 Å². The van der Waals surface area contributed by atoms with Crippen LogP contribution in [-0.2, 0) is 4.79 Å². The van der Waals surface area contributed by atoms with E-state index in [0.717, 1.165) is 12.8 Å². The van der Waals surface area contributed by atoms with Crippen LogP contribution in [0.2, 0.25) is 0 Å². The predicted molar refractivity (Wildman–Crippen MR) is 56.9 cm³/mol. The highest BCUT2D eigenvalue weighted by Crippen LogP contribution is 2.42. The van der Waals surface area contributed by atoms with Crippen LogP contribution in [0.4, 0.5) is 0 Å². The van der Waals surface area contributed by atoms with Gasteiger partial charge >= 0.3 is 0 Å². The van der Waals surface area contributed by atoms with Crippen LogP contribution in [0.25, 0.3) is 0 Å². The maximum Gasteiger partial charge on any atom is 0.150 e. The van der Waals surface area contributed by atoms with E-state index in [0.29, 0.717) is 31.0 Å². The number of hydrogen-bond donors (Lipinski definition) is 1. The lowest BCUT2D eigenvalue weighted by Gasteiger charge is -2.37. The minimum Gasteiger partial charge on any atom is -0.384 e. The summed E-state index contributed by atoms with van der Waals surface area (Å²) in [6.45, 7) is 4.36. The van der Waals surface area contributed by atoms with Crippen LogP contribution in [0.1, 0.15) is 39.5 Å². The Kier molecular flexibility index (Phi) is 3.87. The molecular formula is C12H19NO2. The number of rotatable bonds is 3. The molecule has 1 rings (SSSR count). The number of aliphatic hydroxyl groups excluding tert-OH is 1. The molecule has 0 aromatic heterocycles. The minimum atomic E-state index is -1.12. The Labute approximate surface area is 91.1 Å². The Balaban J connectivity index is 2.67. The van der Waals surface area contributed by atoms with Crippen LogP contribution in [0.3, 0.4) is 0 Å². The van der Waals surface area contributed by atoms with E-state index in [-0.39, 0.29) is 0 Å². The monoisotopic (exact) mass is 209 g/mol. The Morgan fingerprint density at radius 2 is 2.00 bits per heavy atom. The SMILES string of the molecule is CC(C)C1CCC(C#N)(C(O)C=O)CC1. The summed E-state index contributed by atoms with van der Waals surface area (Å²) in [6, 6.07) is 2.15. The maximum absolute atomic E-state index is 10.6. The van der Waals surface area contributed by atoms with Crippen molar-refractivity contribution in [3.8, 4) is 6.07 Å². The summed E-state index contributed by atoms with van der Waals surface area (Å²) in [5.74, 6) is 1.25. The summed E-state index contributed by atoms with van der Waals surface area (Å²) in [5, 5.41) is 18.7. The zero-order valence-electron chi connectivity index (χ0n) is 9.44. The van der Waals surface area contributed by atoms with Gasteiger partial charge in [-0.3, -0.25) is 0 Å². The van der Waals surface area contributed by atoms with E-state index >= 15 is 0 Å². The summed E-state index contributed by atoms with van der Waals surface area (Å²) in [6.07, 6.45) is 2.56. The number of aliphatic hydroxyl groups is 1. The molecule has 1 saturated carbocycles. The van der Waals surface area contributed by atoms with Crippen LogP contribution in [0.5, 0.6) is 0 Å². The second kappa shape index (κ2) is 4.76. The van der Waals surface area contributed by atoms with Crippen molar-refractivity contribution < 1.29 is 9.90 Å². The highest BCUT2D eigenvalue weighted by atomic mass is 16.3. The highest BCUT2D eigenvalue weighted by Gasteiger charge is 2.42. The van der Waals surface area contributed by atoms with Gasteiger partial charge < -0.3 is 9.90 Å². The van der Waals surface area contributed by atoms with Gasteiger partial charge in [0.1, 0.15) is 12.4 Å². The van der Waals surface area contributed by atoms with Gasteiger partial charge in [0, 0.05) is 0 Å². The molecule has 0 aromatic carbocycles. The molecule has 3 nitrogen and oxygen atoms in total. The lowest BCUT2D eigenvalue weighted by Crippen LogP contribution is -2.39. The third kappa shape index (κ3) is 2.38. The molecule has 1 aliphatic rings. The average molecular weight is 209 g/mol. The van der Waals surface area contributed by atoms with Crippen molar-refractivity contribution in [3.63, 3.8) is 0 Å². The lowest BCUT2D eigenvalue weighted by atomic mass is 9.66. The van der Waals surface area contributed by atoms with E-state index < -0.39 is 11.5 Å². The average Bonchev–Trinajstić information content (AvgIpc) is 2.27. The van der Waals surface area contributed by atoms with Crippen LogP contribution < -0.4 is 0 Å². The van der Waals surface area contributed by atoms with Crippen molar-refractivity contribution in [1.82, 2.24) is 0 Å². The molecule has 1 unspecified atom stereocenters. The van der Waals surface area contributed by atoms with E-state index in [2.05, 4.69) is 19.9 Å². The summed E-state index contributed by atoms with van der Waals surface area (Å²) >= 11 is 0. The Morgan fingerprint density at radius 3 is 2.33 bits per heavy atom. The molecule has 0 aliphatic heterocycles. The first-order chi connectivity index (χ1) is 7.05. The Morgan fingerprint density at radius 1 is 1.47 bits per heavy atom. The molecular weight excluding hydrogens is 190 g/mol. The summed E-state index contributed by atoms with van der Waals surface area (Å²) < 4.78 is 0. The number of carbonyl (C=O) groups excluding carboxylic acids is 1. The molecule has 0 radical (unpaired) electrons. The van der Waals surface area contributed by atoms with Crippen LogP contribution in [-0.4, -0.2) is 17.5 Å². The van der Waals surface area contributed by atoms with Gasteiger partial charge in [-0.05, 0) is 37.5 Å². The summed E-state index contributed by atoms with van der Waals surface area (Å²) in [4.78, 5) is 10.6. The summed E-state index contributed by atoms with van der Waals surface area (Å²) in [5.41, 5.74) is -0.812. The Bertz CT molecular complexity index is 259. The molecule has 0 saturated heterocycles. The Hall–Kier alpha value is -0.880. The van der Waals surface area contributed by atoms with Gasteiger partial charge in [-0.2, -0.15) is 5.26 Å². The lowest BCUT2D eigenvalue weighted by molar-refractivity contribution is -0.120. The molecule has 1 N–H and O–H groups in total. The van der Waals surface area contributed by atoms with Crippen LogP contribution in [0.15, 0.2) is 0 Å². The molecule has 1 aliphatic carbocycles. The molecule has 1 atom stereocenters. The smallest absolute Gasteiger partial charge is 0.150 e. The third-order valence-corrected chi connectivity index (χ3v) is 3.78. The normalized spacial score (nSPS) is 33.4. The zero-order valence-corrected chi connectivity index (χ0v) is 9.44. The van der Waals surface area contributed by atoms with Gasteiger partial charge in [0.15, 0.2) is 0 Å². The van der Waals surface area contributed by atoms with E-state index in [1.165, 1.54) is 0 Å². The first-order valence-electron chi connectivity index (χ1n) is 5.60. The van der Waals surface area contributed by atoms with Crippen molar-refractivity contribution in [3.05, 3.63) is 0 Å². The molecule has 15 heavy (non-hydrogen) atoms. The molecule has 0 bridgehead atoms. The topological polar surface area (TPSA) is 61.1 Å². The van der Waals surface area contributed by atoms with E-state index in [1.807, 2.05) is 0 Å². The largest absolute Gasteiger partial charge is 0.384 e. The third-order valence-electron chi connectivity index (χ3n) is 3.78. The van der Waals surface area contributed by atoms with Crippen LogP contribution in [0, 0.1) is 28.6 Å². The van der Waals surface area contributed by atoms with Gasteiger partial charge in [-0.15, -0.1) is 0 Å². The number of nitrogens with zero attached hydrogens (tertiary/aromatic N) is 1. The summed E-state index contributed by atoms with van der Waals surface area (Å²) in [7, 11) is 0. The number of nitriles is 1. The molecule has 84 valence electrons. The van der Waals surface area contributed by atoms with Gasteiger partial charge in [0.2, 0.25) is 0 Å². The first-order valence-corrected chi connectivity index (χ1v) is 5.60. The maximum atomic E-state index is 10.6. The second-order valence-corrected chi connectivity index (χ2v) is 4.93. The van der Waals surface area contributed by atoms with Crippen molar-refractivity contribution in [1.29, 1.82) is 5.26 Å². The highest BCUT2D eigenvalue weighted by molar-refractivity contribution is 5.58. The van der Waals surface area contributed by atoms with Gasteiger partial charge in [-0.1, -0.05) is 13.8 Å². The van der Waals surface area contributed by atoms with Crippen molar-refractivity contribution in [2.45, 2.75) is 45.6 Å². The van der Waals surface area contributed by atoms with E-state index in [9.17, 15) is 9.90 Å². The fraction of sp³-hybridized carbons (Fsp3) is 0.833. The number of hydrogen-bond acceptors (Lipinski definition) is 3. The van der Waals surface area contributed by atoms with E-state index in [4.69, 9.17) is 5.26 Å². The minimum absolute atomic E-state index is 0.499. The van der Waals surface area contributed by atoms with E-state index in [1.54, 1.807) is 0 Å². The first kappa shape index (κ1) is 12.2. The van der Waals surface area contributed by atoms with Crippen molar-refractivity contribution in [2.75, 3.05) is 0 Å². The molecule has 1 fully saturated rings. The fourth-order valence-electron chi connectivity index (χ4n) is 2.43. The molecule has 0 spiro atoms. The number of carbonyl (C=O) groups is 1. The van der Waals surface area contributed by atoms with Crippen LogP contribution >= 0.6 is 0 Å². The number of aldehydes is 1. The molecule has 0 amide bonds. The van der Waals surface area contributed by atoms with Gasteiger partial charge in [-0.25, -0.2) is 0 Å². The predicted octanol–water partition coefficient (Wildman–Crippen LogP) is 1.90. The van der Waals surface area contributed by atoms with Crippen molar-refractivity contribution in [2.24, 2.45) is 17.3 Å².